The lowest BCUT2D eigenvalue weighted by Crippen LogP contribution is -2.49. The summed E-state index contributed by atoms with van der Waals surface area (Å²) in [7, 11) is 1.50. The van der Waals surface area contributed by atoms with Gasteiger partial charge in [-0.1, -0.05) is 60.1 Å². The number of aryl methyl sites for hydroxylation is 2. The van der Waals surface area contributed by atoms with E-state index in [1.807, 2.05) is 36.4 Å². The summed E-state index contributed by atoms with van der Waals surface area (Å²) in [6.07, 6.45) is -1.93. The standard InChI is InChI=1S/C39H54ClN9O9/c1-49(27(29(53)21-50)7-3-4-18-44-20-28(52)33(56)34(57)30(54)22-51)31(55)17-12-24-10-15-26(16-11-24)25-13-8-23(9-14-25)6-2-5-19-45-39(43)48-38(58)32-36(41)47-37(42)35(40)46-32/h8-11,13-16,21,27-28,30,33-34,44,51-52,54,56-57H,2-7,12,17-20,22H2,1H3,(H4,41,42,47)(H3,43,45,48,58)/t27-,28-,30+,33+,34+/m0/s1. The molecule has 19 heteroatoms. The van der Waals surface area contributed by atoms with Crippen LogP contribution in [0.5, 0.6) is 0 Å². The molecule has 0 saturated carbocycles. The third kappa shape index (κ3) is 14.7. The van der Waals surface area contributed by atoms with E-state index in [1.54, 1.807) is 0 Å². The normalized spacial score (nSPS) is 14.2. The van der Waals surface area contributed by atoms with Gasteiger partial charge in [-0.25, -0.2) is 9.97 Å². The van der Waals surface area contributed by atoms with Crippen LogP contribution in [-0.2, 0) is 27.2 Å². The average molecular weight is 828 g/mol. The molecule has 0 aliphatic rings. The molecule has 0 aliphatic heterocycles. The molecule has 3 aromatic rings. The van der Waals surface area contributed by atoms with Crippen LogP contribution in [0.1, 0.15) is 60.1 Å². The van der Waals surface area contributed by atoms with Crippen molar-refractivity contribution in [2.24, 2.45) is 10.7 Å². The fraction of sp³-hybridized carbons (Fsp3) is 0.462. The van der Waals surface area contributed by atoms with E-state index in [1.165, 1.54) is 11.9 Å². The number of nitrogens with zero attached hydrogens (tertiary/aromatic N) is 4. The van der Waals surface area contributed by atoms with Gasteiger partial charge in [0.2, 0.25) is 11.7 Å². The first-order valence-electron chi connectivity index (χ1n) is 18.8. The summed E-state index contributed by atoms with van der Waals surface area (Å²) in [5.41, 5.74) is 21.0. The number of anilines is 2. The van der Waals surface area contributed by atoms with Crippen molar-refractivity contribution in [2.45, 2.75) is 81.8 Å². The zero-order valence-electron chi connectivity index (χ0n) is 32.3. The SMILES string of the molecule is CN(C(=O)CCc1ccc(-c2ccc(CCCCN=C(N)NC(=O)c3nc(Cl)c(N)nc3N)cc2)cc1)[C@@H](CCCCNC[C@H](O)[C@@H](O)[C@H](O)[C@H](O)CO)C(=O)C=O. The smallest absolute Gasteiger partial charge is 0.280 e. The Hall–Kier alpha value is -5.08. The van der Waals surface area contributed by atoms with Crippen molar-refractivity contribution in [1.29, 1.82) is 0 Å². The van der Waals surface area contributed by atoms with E-state index in [0.29, 0.717) is 32.4 Å². The molecule has 1 heterocycles. The molecule has 1 aromatic heterocycles. The lowest BCUT2D eigenvalue weighted by Gasteiger charge is -2.26. The summed E-state index contributed by atoms with van der Waals surface area (Å²) in [5, 5.41) is 53.1. The molecule has 0 spiro atoms. The number of rotatable bonds is 24. The Kier molecular flexibility index (Phi) is 19.6. The first-order chi connectivity index (χ1) is 27.7. The van der Waals surface area contributed by atoms with Gasteiger partial charge in [-0.3, -0.25) is 29.5 Å². The Morgan fingerprint density at radius 3 is 2.07 bits per heavy atom. The molecule has 316 valence electrons. The number of nitrogens with one attached hydrogen (secondary N) is 2. The number of carbonyl (C=O) groups excluding carboxylic acids is 4. The minimum atomic E-state index is -1.72. The third-order valence-electron chi connectivity index (χ3n) is 9.45. The molecule has 0 aliphatic carbocycles. The molecule has 2 aromatic carbocycles. The number of halogens is 1. The topological polar surface area (TPSA) is 313 Å². The average Bonchev–Trinajstić information content (AvgIpc) is 3.22. The van der Waals surface area contributed by atoms with Gasteiger partial charge >= 0.3 is 0 Å². The Labute approximate surface area is 341 Å². The molecule has 0 fully saturated rings. The Balaban J connectivity index is 1.38. The largest absolute Gasteiger partial charge is 0.394 e. The highest BCUT2D eigenvalue weighted by Crippen LogP contribution is 2.22. The van der Waals surface area contributed by atoms with Crippen molar-refractivity contribution >= 4 is 53.1 Å². The molecule has 13 N–H and O–H groups in total. The fourth-order valence-corrected chi connectivity index (χ4v) is 6.05. The van der Waals surface area contributed by atoms with E-state index in [9.17, 15) is 39.6 Å². The van der Waals surface area contributed by atoms with Crippen LogP contribution in [0.15, 0.2) is 53.5 Å². The van der Waals surface area contributed by atoms with Crippen molar-refractivity contribution < 1.29 is 44.7 Å². The summed E-state index contributed by atoms with van der Waals surface area (Å²) < 4.78 is 0. The van der Waals surface area contributed by atoms with Crippen LogP contribution in [0.4, 0.5) is 11.6 Å². The van der Waals surface area contributed by atoms with Crippen LogP contribution in [0, 0.1) is 0 Å². The monoisotopic (exact) mass is 827 g/mol. The molecular formula is C39H54ClN9O9. The molecule has 58 heavy (non-hydrogen) atoms. The number of carbonyl (C=O) groups is 4. The van der Waals surface area contributed by atoms with Crippen LogP contribution < -0.4 is 27.8 Å². The maximum atomic E-state index is 13.1. The van der Waals surface area contributed by atoms with Crippen molar-refractivity contribution in [2.75, 3.05) is 44.8 Å². The second-order valence-corrected chi connectivity index (χ2v) is 14.1. The van der Waals surface area contributed by atoms with Crippen LogP contribution >= 0.6 is 11.6 Å². The number of hydrogen-bond donors (Lipinski definition) is 10. The molecule has 3 rings (SSSR count). The summed E-state index contributed by atoms with van der Waals surface area (Å²) in [6, 6.07) is 15.1. The molecule has 0 saturated heterocycles. The van der Waals surface area contributed by atoms with Crippen LogP contribution in [-0.4, -0.2) is 134 Å². The number of aliphatic hydroxyl groups excluding tert-OH is 5. The number of aromatic nitrogens is 2. The predicted molar refractivity (Wildman–Crippen MR) is 218 cm³/mol. The first kappa shape index (κ1) is 47.3. The second kappa shape index (κ2) is 24.0. The number of nitrogens with two attached hydrogens (primary N) is 3. The van der Waals surface area contributed by atoms with Crippen molar-refractivity contribution in [3.63, 3.8) is 0 Å². The maximum absolute atomic E-state index is 13.1. The zero-order valence-corrected chi connectivity index (χ0v) is 33.1. The lowest BCUT2D eigenvalue weighted by atomic mass is 9.99. The zero-order chi connectivity index (χ0) is 42.8. The van der Waals surface area contributed by atoms with Gasteiger partial charge in [0.25, 0.3) is 5.91 Å². The third-order valence-corrected chi connectivity index (χ3v) is 9.73. The Morgan fingerprint density at radius 1 is 0.862 bits per heavy atom. The van der Waals surface area contributed by atoms with E-state index < -0.39 is 48.8 Å². The lowest BCUT2D eigenvalue weighted by molar-refractivity contribution is -0.140. The van der Waals surface area contributed by atoms with Gasteiger partial charge < -0.3 is 53.0 Å². The molecule has 0 unspecified atom stereocenters. The number of ketones is 1. The van der Waals surface area contributed by atoms with Crippen molar-refractivity contribution in [3.05, 3.63) is 70.5 Å². The van der Waals surface area contributed by atoms with E-state index >= 15 is 0 Å². The highest BCUT2D eigenvalue weighted by Gasteiger charge is 2.30. The number of amides is 2. The minimum Gasteiger partial charge on any atom is -0.394 e. The number of guanidine groups is 1. The maximum Gasteiger partial charge on any atom is 0.280 e. The summed E-state index contributed by atoms with van der Waals surface area (Å²) in [6.45, 7) is -0.0984. The van der Waals surface area contributed by atoms with Gasteiger partial charge in [0.05, 0.1) is 18.8 Å². The number of aliphatic imine (C=N–C) groups is 1. The van der Waals surface area contributed by atoms with Gasteiger partial charge in [-0.15, -0.1) is 0 Å². The molecule has 18 nitrogen and oxygen atoms in total. The molecule has 2 amide bonds. The van der Waals surface area contributed by atoms with Crippen LogP contribution in [0.2, 0.25) is 5.15 Å². The fourth-order valence-electron chi connectivity index (χ4n) is 5.92. The summed E-state index contributed by atoms with van der Waals surface area (Å²) >= 11 is 5.82. The first-order valence-corrected chi connectivity index (χ1v) is 19.2. The highest BCUT2D eigenvalue weighted by atomic mass is 35.5. The molecule has 5 atom stereocenters. The Morgan fingerprint density at radius 2 is 1.47 bits per heavy atom. The number of aldehydes is 1. The van der Waals surface area contributed by atoms with E-state index in [2.05, 4.69) is 37.7 Å². The summed E-state index contributed by atoms with van der Waals surface area (Å²) in [5.74, 6) is -2.02. The second-order valence-electron chi connectivity index (χ2n) is 13.7. The highest BCUT2D eigenvalue weighted by molar-refractivity contribution is 6.31. The number of benzene rings is 2. The summed E-state index contributed by atoms with van der Waals surface area (Å²) in [4.78, 5) is 62.3. The predicted octanol–water partition coefficient (Wildman–Crippen LogP) is -0.248. The van der Waals surface area contributed by atoms with Crippen molar-refractivity contribution in [3.8, 4) is 11.1 Å². The van der Waals surface area contributed by atoms with Crippen molar-refractivity contribution in [1.82, 2.24) is 25.5 Å². The van der Waals surface area contributed by atoms with Gasteiger partial charge in [0, 0.05) is 26.6 Å². The van der Waals surface area contributed by atoms with Gasteiger partial charge in [0.15, 0.2) is 34.7 Å². The van der Waals surface area contributed by atoms with Gasteiger partial charge in [0.1, 0.15) is 18.3 Å². The number of aliphatic hydroxyl groups is 5. The van der Waals surface area contributed by atoms with Gasteiger partial charge in [-0.05, 0) is 73.7 Å². The van der Waals surface area contributed by atoms with Crippen LogP contribution in [0.3, 0.4) is 0 Å². The quantitative estimate of drug-likeness (QED) is 0.0183. The van der Waals surface area contributed by atoms with Crippen LogP contribution in [0.25, 0.3) is 11.1 Å². The van der Waals surface area contributed by atoms with E-state index in [4.69, 9.17) is 33.9 Å². The van der Waals surface area contributed by atoms with E-state index in [-0.39, 0.29) is 60.0 Å². The molecular weight excluding hydrogens is 774 g/mol. The number of hydrogen-bond acceptors (Lipinski definition) is 15. The van der Waals surface area contributed by atoms with E-state index in [0.717, 1.165) is 41.5 Å². The number of Topliss-reactive ketones (excluding diaryl/α,β-unsaturated/α-hetero) is 1. The molecule has 0 radical (unpaired) electrons. The molecule has 0 bridgehead atoms. The van der Waals surface area contributed by atoms with Gasteiger partial charge in [-0.2, -0.15) is 0 Å². The minimum absolute atomic E-state index is 0.0839. The Bertz CT molecular complexity index is 1830. The number of unbranched alkanes of at least 4 members (excludes halogenated alkanes) is 2. The number of likely N-dealkylation sites (N-methyl/N-ethyl adjacent to an activating group) is 1. The number of nitrogen functional groups attached to an aromatic ring is 2.